The average Bonchev–Trinajstić information content (AvgIpc) is 3.56. The van der Waals surface area contributed by atoms with Crippen LogP contribution in [0.5, 0.6) is 0 Å². The molecule has 14 heteroatoms. The van der Waals surface area contributed by atoms with Crippen LogP contribution >= 0.6 is 11.3 Å². The van der Waals surface area contributed by atoms with Crippen molar-refractivity contribution in [1.82, 2.24) is 15.2 Å². The van der Waals surface area contributed by atoms with Crippen molar-refractivity contribution in [3.05, 3.63) is 80.4 Å². The summed E-state index contributed by atoms with van der Waals surface area (Å²) in [7, 11) is 0. The van der Waals surface area contributed by atoms with Gasteiger partial charge in [0.2, 0.25) is 11.8 Å². The van der Waals surface area contributed by atoms with Crippen LogP contribution in [-0.4, -0.2) is 52.4 Å². The molecule has 4 atom stereocenters. The van der Waals surface area contributed by atoms with Crippen LogP contribution in [-0.2, 0) is 27.8 Å². The van der Waals surface area contributed by atoms with E-state index in [0.29, 0.717) is 35.7 Å². The fourth-order valence-corrected chi connectivity index (χ4v) is 7.50. The van der Waals surface area contributed by atoms with Crippen molar-refractivity contribution in [3.8, 4) is 0 Å². The number of piperidine rings is 1. The lowest BCUT2D eigenvalue weighted by molar-refractivity contribution is -0.170. The Labute approximate surface area is 238 Å². The van der Waals surface area contributed by atoms with Crippen LogP contribution in [0.2, 0.25) is 0 Å². The Morgan fingerprint density at radius 2 is 1.95 bits per heavy atom. The molecule has 3 unspecified atom stereocenters. The van der Waals surface area contributed by atoms with Gasteiger partial charge in [0.1, 0.15) is 24.2 Å². The number of alkyl halides is 3. The zero-order chi connectivity index (χ0) is 30.1. The Hall–Kier alpha value is -3.94. The number of hydrogen-bond acceptors (Lipinski definition) is 5. The van der Waals surface area contributed by atoms with Gasteiger partial charge in [-0.2, -0.15) is 13.2 Å². The summed E-state index contributed by atoms with van der Waals surface area (Å²) in [5.41, 5.74) is 0.117. The third-order valence-corrected chi connectivity index (χ3v) is 9.46. The number of pyridine rings is 1. The Bertz CT molecular complexity index is 1620. The van der Waals surface area contributed by atoms with Crippen LogP contribution in [0.25, 0.3) is 0 Å². The molecule has 1 fully saturated rings. The first-order valence-electron chi connectivity index (χ1n) is 13.0. The first-order valence-corrected chi connectivity index (χ1v) is 13.8. The van der Waals surface area contributed by atoms with Crippen molar-refractivity contribution in [2.75, 3.05) is 11.9 Å². The summed E-state index contributed by atoms with van der Waals surface area (Å²) in [6.45, 7) is -0.454. The van der Waals surface area contributed by atoms with Crippen LogP contribution in [0.3, 0.4) is 0 Å². The standard InChI is InChI=1S/C28H22F6N4O3S/c1-12-15(16-6-14(29)7-18(30)22(16)31)8-19(25(40)38(12)11-28(32,33)34)36-24(39)20-5-13-9-27(10-21(13)42-20)17-3-2-4-35-23(17)37-26(27)41/h2-7,12,15,19H,8-11H2,1H3,(H,36,39)(H,35,37,41)/t12?,15?,19?,27-/m0/s1. The summed E-state index contributed by atoms with van der Waals surface area (Å²) >= 11 is 1.10. The number of likely N-dealkylation sites (tertiary alicyclic amines) is 1. The molecule has 6 rings (SSSR count). The van der Waals surface area contributed by atoms with Gasteiger partial charge in [-0.15, -0.1) is 11.3 Å². The van der Waals surface area contributed by atoms with Gasteiger partial charge in [0.15, 0.2) is 11.6 Å². The molecule has 4 heterocycles. The van der Waals surface area contributed by atoms with Crippen LogP contribution in [0.4, 0.5) is 32.2 Å². The Morgan fingerprint density at radius 3 is 2.67 bits per heavy atom. The number of nitrogens with one attached hydrogen (secondary N) is 2. The summed E-state index contributed by atoms with van der Waals surface area (Å²) in [4.78, 5) is 44.9. The number of carbonyl (C=O) groups is 3. The SMILES string of the molecule is CC1C(c2cc(F)cc(F)c2F)CC(NC(=O)c2cc3c(s2)C[C@]2(C3)C(=O)Nc3ncccc32)C(=O)N1CC(F)(F)F. The highest BCUT2D eigenvalue weighted by Gasteiger charge is 2.52. The van der Waals surface area contributed by atoms with Gasteiger partial charge in [0.25, 0.3) is 5.91 Å². The normalized spacial score (nSPS) is 25.0. The smallest absolute Gasteiger partial charge is 0.340 e. The zero-order valence-corrected chi connectivity index (χ0v) is 22.6. The number of halogens is 6. The molecule has 42 heavy (non-hydrogen) atoms. The maximum Gasteiger partial charge on any atom is 0.406 e. The predicted octanol–water partition coefficient (Wildman–Crippen LogP) is 4.61. The van der Waals surface area contributed by atoms with Crippen molar-refractivity contribution >= 4 is 34.9 Å². The summed E-state index contributed by atoms with van der Waals surface area (Å²) < 4.78 is 83.0. The maximum atomic E-state index is 14.7. The molecule has 3 aromatic rings. The Morgan fingerprint density at radius 1 is 1.19 bits per heavy atom. The van der Waals surface area contributed by atoms with Crippen LogP contribution < -0.4 is 10.6 Å². The van der Waals surface area contributed by atoms with E-state index in [9.17, 15) is 40.7 Å². The molecule has 2 N–H and O–H groups in total. The highest BCUT2D eigenvalue weighted by Crippen LogP contribution is 2.49. The minimum Gasteiger partial charge on any atom is -0.340 e. The lowest BCUT2D eigenvalue weighted by Crippen LogP contribution is -2.59. The lowest BCUT2D eigenvalue weighted by Gasteiger charge is -2.43. The highest BCUT2D eigenvalue weighted by atomic mass is 32.1. The van der Waals surface area contributed by atoms with E-state index in [-0.39, 0.29) is 17.2 Å². The number of benzene rings is 1. The van der Waals surface area contributed by atoms with Crippen LogP contribution in [0.1, 0.15) is 50.5 Å². The number of anilines is 1. The number of rotatable bonds is 4. The number of hydrogen-bond donors (Lipinski definition) is 2. The summed E-state index contributed by atoms with van der Waals surface area (Å²) in [5.74, 6) is -6.84. The third-order valence-electron chi connectivity index (χ3n) is 8.29. The van der Waals surface area contributed by atoms with Gasteiger partial charge >= 0.3 is 6.18 Å². The van der Waals surface area contributed by atoms with Gasteiger partial charge in [-0.25, -0.2) is 18.2 Å². The quantitative estimate of drug-likeness (QED) is 0.334. The first kappa shape index (κ1) is 28.2. The van der Waals surface area contributed by atoms with E-state index in [4.69, 9.17) is 0 Å². The van der Waals surface area contributed by atoms with Gasteiger partial charge in [-0.05, 0) is 49.1 Å². The van der Waals surface area contributed by atoms with Crippen molar-refractivity contribution < 1.29 is 40.7 Å². The van der Waals surface area contributed by atoms with Crippen LogP contribution in [0, 0.1) is 17.5 Å². The van der Waals surface area contributed by atoms with E-state index >= 15 is 0 Å². The van der Waals surface area contributed by atoms with E-state index in [2.05, 4.69) is 15.6 Å². The topological polar surface area (TPSA) is 91.4 Å². The monoisotopic (exact) mass is 608 g/mol. The maximum absolute atomic E-state index is 14.7. The second-order valence-electron chi connectivity index (χ2n) is 10.8. The molecule has 0 saturated carbocycles. The molecule has 1 saturated heterocycles. The van der Waals surface area contributed by atoms with E-state index in [1.54, 1.807) is 18.3 Å². The number of aromatic nitrogens is 1. The van der Waals surface area contributed by atoms with Gasteiger partial charge in [-0.1, -0.05) is 6.07 Å². The molecule has 3 aliphatic rings. The number of carbonyl (C=O) groups excluding carboxylic acids is 3. The molecule has 2 aliphatic heterocycles. The summed E-state index contributed by atoms with van der Waals surface area (Å²) in [5, 5.41) is 5.24. The summed E-state index contributed by atoms with van der Waals surface area (Å²) in [6.07, 6.45) is -3.01. The largest absolute Gasteiger partial charge is 0.406 e. The predicted molar refractivity (Wildman–Crippen MR) is 138 cm³/mol. The zero-order valence-electron chi connectivity index (χ0n) is 21.8. The molecule has 3 amide bonds. The molecule has 0 bridgehead atoms. The fourth-order valence-electron chi connectivity index (χ4n) is 6.30. The molecule has 1 aromatic carbocycles. The first-order chi connectivity index (χ1) is 19.8. The minimum atomic E-state index is -4.82. The van der Waals surface area contributed by atoms with Crippen LogP contribution in [0.15, 0.2) is 36.5 Å². The minimum absolute atomic E-state index is 0.174. The number of thiophene rings is 1. The molecule has 1 spiro atoms. The van der Waals surface area contributed by atoms with Gasteiger partial charge < -0.3 is 15.5 Å². The molecule has 1 aliphatic carbocycles. The van der Waals surface area contributed by atoms with Gasteiger partial charge in [0, 0.05) is 41.1 Å². The molecule has 2 aromatic heterocycles. The molecule has 7 nitrogen and oxygen atoms in total. The second-order valence-corrected chi connectivity index (χ2v) is 12.0. The Balaban J connectivity index is 1.26. The molecular weight excluding hydrogens is 586 g/mol. The van der Waals surface area contributed by atoms with E-state index in [0.717, 1.165) is 27.3 Å². The van der Waals surface area contributed by atoms with Crippen molar-refractivity contribution in [2.24, 2.45) is 0 Å². The number of amides is 3. The second kappa shape index (κ2) is 9.82. The summed E-state index contributed by atoms with van der Waals surface area (Å²) in [6, 6.07) is 3.33. The fraction of sp³-hybridized carbons (Fsp3) is 0.357. The van der Waals surface area contributed by atoms with Crippen molar-refractivity contribution in [2.45, 2.75) is 55.8 Å². The van der Waals surface area contributed by atoms with E-state index in [1.807, 2.05) is 6.07 Å². The molecule has 220 valence electrons. The van der Waals surface area contributed by atoms with Crippen molar-refractivity contribution in [1.29, 1.82) is 0 Å². The molecule has 0 radical (unpaired) electrons. The average molecular weight is 609 g/mol. The van der Waals surface area contributed by atoms with E-state index in [1.165, 1.54) is 6.92 Å². The number of fused-ring (bicyclic) bond motifs is 3. The van der Waals surface area contributed by atoms with Gasteiger partial charge in [-0.3, -0.25) is 14.4 Å². The van der Waals surface area contributed by atoms with Gasteiger partial charge in [0.05, 0.1) is 10.3 Å². The molecular formula is C28H22F6N4O3S. The third kappa shape index (κ3) is 4.61. The Kier molecular flexibility index (Phi) is 6.59. The van der Waals surface area contributed by atoms with Crippen molar-refractivity contribution in [3.63, 3.8) is 0 Å². The van der Waals surface area contributed by atoms with E-state index < -0.39 is 71.0 Å². The number of nitrogens with zero attached hydrogens (tertiary/aromatic N) is 2. The highest BCUT2D eigenvalue weighted by molar-refractivity contribution is 7.14. The lowest BCUT2D eigenvalue weighted by atomic mass is 9.80.